The second-order valence-corrected chi connectivity index (χ2v) is 5.68. The van der Waals surface area contributed by atoms with Gasteiger partial charge >= 0.3 is 0 Å². The van der Waals surface area contributed by atoms with Gasteiger partial charge in [-0.15, -0.1) is 0 Å². The first-order valence-corrected chi connectivity index (χ1v) is 6.78. The fraction of sp³-hybridized carbons (Fsp3) is 0.400. The zero-order chi connectivity index (χ0) is 11.3. The van der Waals surface area contributed by atoms with Crippen LogP contribution in [-0.4, -0.2) is 27.3 Å². The van der Waals surface area contributed by atoms with Crippen molar-refractivity contribution in [2.45, 2.75) is 11.8 Å². The van der Waals surface area contributed by atoms with Gasteiger partial charge in [0.2, 0.25) is 0 Å². The number of rotatable bonds is 5. The maximum atomic E-state index is 11.8. The van der Waals surface area contributed by atoms with Gasteiger partial charge < -0.3 is 5.32 Å². The average Bonchev–Trinajstić information content (AvgIpc) is 2.18. The van der Waals surface area contributed by atoms with Crippen molar-refractivity contribution in [1.29, 1.82) is 0 Å². The molecular formula is C10H14ClNO2S. The highest BCUT2D eigenvalue weighted by atomic mass is 35.5. The van der Waals surface area contributed by atoms with E-state index in [1.54, 1.807) is 18.2 Å². The molecule has 0 aliphatic carbocycles. The molecule has 5 heteroatoms. The Labute approximate surface area is 95.4 Å². The van der Waals surface area contributed by atoms with E-state index in [1.807, 2.05) is 6.92 Å². The molecule has 0 aliphatic heterocycles. The zero-order valence-corrected chi connectivity index (χ0v) is 10.1. The number of halogens is 1. The van der Waals surface area contributed by atoms with Gasteiger partial charge in [0.25, 0.3) is 0 Å². The van der Waals surface area contributed by atoms with E-state index in [4.69, 9.17) is 11.6 Å². The largest absolute Gasteiger partial charge is 0.316 e. The van der Waals surface area contributed by atoms with Crippen LogP contribution in [0.4, 0.5) is 0 Å². The Morgan fingerprint density at radius 2 is 2.13 bits per heavy atom. The molecule has 0 aliphatic rings. The summed E-state index contributed by atoms with van der Waals surface area (Å²) >= 11 is 5.73. The minimum Gasteiger partial charge on any atom is -0.316 e. The minimum atomic E-state index is -3.20. The fourth-order valence-electron chi connectivity index (χ4n) is 1.16. The number of benzene rings is 1. The molecule has 0 fully saturated rings. The van der Waals surface area contributed by atoms with Gasteiger partial charge in [0.1, 0.15) is 0 Å². The van der Waals surface area contributed by atoms with Crippen molar-refractivity contribution in [3.05, 3.63) is 29.3 Å². The summed E-state index contributed by atoms with van der Waals surface area (Å²) in [5.41, 5.74) is 0. The summed E-state index contributed by atoms with van der Waals surface area (Å²) in [6, 6.07) is 6.34. The van der Waals surface area contributed by atoms with Gasteiger partial charge in [-0.3, -0.25) is 0 Å². The smallest absolute Gasteiger partial charge is 0.179 e. The van der Waals surface area contributed by atoms with Crippen molar-refractivity contribution in [3.8, 4) is 0 Å². The fourth-order valence-corrected chi connectivity index (χ4v) is 2.66. The highest BCUT2D eigenvalue weighted by molar-refractivity contribution is 7.91. The Morgan fingerprint density at radius 3 is 2.73 bits per heavy atom. The normalized spacial score (nSPS) is 11.6. The van der Waals surface area contributed by atoms with Crippen LogP contribution in [0.25, 0.3) is 0 Å². The van der Waals surface area contributed by atoms with Crippen LogP contribution < -0.4 is 5.32 Å². The summed E-state index contributed by atoms with van der Waals surface area (Å²) in [7, 11) is -3.20. The topological polar surface area (TPSA) is 46.2 Å². The lowest BCUT2D eigenvalue weighted by atomic mass is 10.4. The summed E-state index contributed by atoms with van der Waals surface area (Å²) in [5, 5.41) is 3.42. The molecule has 15 heavy (non-hydrogen) atoms. The van der Waals surface area contributed by atoms with E-state index in [0.29, 0.717) is 11.6 Å². The second-order valence-electron chi connectivity index (χ2n) is 3.13. The Morgan fingerprint density at radius 1 is 1.40 bits per heavy atom. The predicted octanol–water partition coefficient (Wildman–Crippen LogP) is 1.72. The number of hydrogen-bond acceptors (Lipinski definition) is 3. The molecule has 84 valence electrons. The Hall–Kier alpha value is -0.580. The minimum absolute atomic E-state index is 0.0984. The Balaban J connectivity index is 2.77. The van der Waals surface area contributed by atoms with Crippen LogP contribution in [-0.2, 0) is 9.84 Å². The lowest BCUT2D eigenvalue weighted by Crippen LogP contribution is -2.22. The van der Waals surface area contributed by atoms with Crippen molar-refractivity contribution >= 4 is 21.4 Å². The third-order valence-corrected chi connectivity index (χ3v) is 3.90. The molecule has 1 aromatic rings. The number of nitrogens with one attached hydrogen (secondary N) is 1. The third-order valence-electron chi connectivity index (χ3n) is 1.95. The molecule has 1 rings (SSSR count). The Kier molecular flexibility index (Phi) is 4.57. The molecule has 0 amide bonds. The lowest BCUT2D eigenvalue weighted by Gasteiger charge is -2.04. The summed E-state index contributed by atoms with van der Waals surface area (Å²) in [6.45, 7) is 3.17. The molecule has 0 atom stereocenters. The van der Waals surface area contributed by atoms with Gasteiger partial charge in [-0.05, 0) is 24.7 Å². The monoisotopic (exact) mass is 247 g/mol. The predicted molar refractivity (Wildman–Crippen MR) is 62.0 cm³/mol. The van der Waals surface area contributed by atoms with Gasteiger partial charge in [0.05, 0.1) is 10.6 Å². The van der Waals surface area contributed by atoms with Crippen LogP contribution in [0.3, 0.4) is 0 Å². The van der Waals surface area contributed by atoms with Crippen molar-refractivity contribution < 1.29 is 8.42 Å². The van der Waals surface area contributed by atoms with Crippen LogP contribution in [0.2, 0.25) is 5.02 Å². The van der Waals surface area contributed by atoms with E-state index < -0.39 is 9.84 Å². The molecular weight excluding hydrogens is 234 g/mol. The summed E-state index contributed by atoms with van der Waals surface area (Å²) in [6.07, 6.45) is 0. The van der Waals surface area contributed by atoms with E-state index in [1.165, 1.54) is 6.07 Å². The van der Waals surface area contributed by atoms with Gasteiger partial charge in [0, 0.05) is 11.6 Å². The summed E-state index contributed by atoms with van der Waals surface area (Å²) in [4.78, 5) is 0.285. The van der Waals surface area contributed by atoms with Crippen LogP contribution in [0.1, 0.15) is 6.92 Å². The first-order chi connectivity index (χ1) is 7.06. The maximum Gasteiger partial charge on any atom is 0.179 e. The molecule has 0 bridgehead atoms. The van der Waals surface area contributed by atoms with E-state index in [2.05, 4.69) is 5.32 Å². The highest BCUT2D eigenvalue weighted by Crippen LogP contribution is 2.16. The molecule has 0 unspecified atom stereocenters. The zero-order valence-electron chi connectivity index (χ0n) is 8.53. The molecule has 0 spiro atoms. The molecule has 3 nitrogen and oxygen atoms in total. The highest BCUT2D eigenvalue weighted by Gasteiger charge is 2.13. The van der Waals surface area contributed by atoms with E-state index in [-0.39, 0.29) is 10.6 Å². The summed E-state index contributed by atoms with van der Waals surface area (Å²) in [5.74, 6) is 0.0984. The van der Waals surface area contributed by atoms with E-state index >= 15 is 0 Å². The Bertz CT molecular complexity index is 417. The summed E-state index contributed by atoms with van der Waals surface area (Å²) < 4.78 is 23.5. The number of sulfone groups is 1. The van der Waals surface area contributed by atoms with Crippen molar-refractivity contribution in [3.63, 3.8) is 0 Å². The average molecular weight is 248 g/mol. The molecule has 0 saturated heterocycles. The SMILES string of the molecule is CCNCCS(=O)(=O)c1cccc(Cl)c1. The third kappa shape index (κ3) is 3.81. The van der Waals surface area contributed by atoms with Gasteiger partial charge in [0.15, 0.2) is 9.84 Å². The maximum absolute atomic E-state index is 11.8. The van der Waals surface area contributed by atoms with Crippen molar-refractivity contribution in [2.75, 3.05) is 18.8 Å². The first-order valence-electron chi connectivity index (χ1n) is 4.75. The van der Waals surface area contributed by atoms with Gasteiger partial charge in [-0.25, -0.2) is 8.42 Å². The molecule has 0 saturated carbocycles. The first kappa shape index (κ1) is 12.5. The molecule has 1 N–H and O–H groups in total. The second kappa shape index (κ2) is 5.49. The van der Waals surface area contributed by atoms with Crippen LogP contribution in [0.15, 0.2) is 29.2 Å². The van der Waals surface area contributed by atoms with Crippen LogP contribution in [0.5, 0.6) is 0 Å². The molecule has 0 heterocycles. The quantitative estimate of drug-likeness (QED) is 0.806. The van der Waals surface area contributed by atoms with E-state index in [0.717, 1.165) is 6.54 Å². The van der Waals surface area contributed by atoms with Crippen LogP contribution >= 0.6 is 11.6 Å². The van der Waals surface area contributed by atoms with Gasteiger partial charge in [-0.1, -0.05) is 24.6 Å². The van der Waals surface area contributed by atoms with Crippen LogP contribution in [0, 0.1) is 0 Å². The van der Waals surface area contributed by atoms with Crippen molar-refractivity contribution in [2.24, 2.45) is 0 Å². The van der Waals surface area contributed by atoms with Crippen molar-refractivity contribution in [1.82, 2.24) is 5.32 Å². The standard InChI is InChI=1S/C10H14ClNO2S/c1-2-12-6-7-15(13,14)10-5-3-4-9(11)8-10/h3-5,8,12H,2,6-7H2,1H3. The molecule has 1 aromatic carbocycles. The van der Waals surface area contributed by atoms with E-state index in [9.17, 15) is 8.42 Å². The molecule has 0 radical (unpaired) electrons. The van der Waals surface area contributed by atoms with Gasteiger partial charge in [-0.2, -0.15) is 0 Å². The number of hydrogen-bond donors (Lipinski definition) is 1. The lowest BCUT2D eigenvalue weighted by molar-refractivity contribution is 0.592. The molecule has 0 aromatic heterocycles.